The predicted molar refractivity (Wildman–Crippen MR) is 127 cm³/mol. The summed E-state index contributed by atoms with van der Waals surface area (Å²) in [4.78, 5) is 2.24. The van der Waals surface area contributed by atoms with Crippen LogP contribution in [0.1, 0.15) is 42.7 Å². The third-order valence-corrected chi connectivity index (χ3v) is 6.70. The lowest BCUT2D eigenvalue weighted by Crippen LogP contribution is -2.31. The van der Waals surface area contributed by atoms with Crippen molar-refractivity contribution in [3.8, 4) is 0 Å². The molecule has 1 unspecified atom stereocenters. The summed E-state index contributed by atoms with van der Waals surface area (Å²) in [7, 11) is 0. The molecule has 2 aromatic rings. The van der Waals surface area contributed by atoms with Gasteiger partial charge in [0.1, 0.15) is 17.7 Å². The molecule has 4 rings (SSSR count). The normalized spacial score (nSPS) is 22.3. The maximum Gasteiger partial charge on any atom is 0.143 e. The van der Waals surface area contributed by atoms with Crippen LogP contribution in [0, 0.1) is 5.92 Å². The van der Waals surface area contributed by atoms with Gasteiger partial charge in [-0.25, -0.2) is 4.72 Å². The number of nitrogens with one attached hydrogen (secondary N) is 1. The highest BCUT2D eigenvalue weighted by molar-refractivity contribution is 7.88. The molecular formula is C26H32N2O2S. The van der Waals surface area contributed by atoms with Crippen LogP contribution in [0.5, 0.6) is 0 Å². The molecule has 0 amide bonds. The quantitative estimate of drug-likeness (QED) is 0.585. The molecule has 4 nitrogen and oxygen atoms in total. The molecule has 0 bridgehead atoms. The summed E-state index contributed by atoms with van der Waals surface area (Å²) < 4.78 is 21.2. The van der Waals surface area contributed by atoms with Gasteiger partial charge in [0, 0.05) is 12.7 Å². The van der Waals surface area contributed by atoms with Gasteiger partial charge in [-0.2, -0.15) is 0 Å². The van der Waals surface area contributed by atoms with E-state index in [1.165, 1.54) is 36.8 Å². The van der Waals surface area contributed by atoms with Gasteiger partial charge in [-0.3, -0.25) is 0 Å². The van der Waals surface area contributed by atoms with Crippen molar-refractivity contribution >= 4 is 11.4 Å². The van der Waals surface area contributed by atoms with Gasteiger partial charge in [0.15, 0.2) is 0 Å². The van der Waals surface area contributed by atoms with E-state index in [1.54, 1.807) is 6.26 Å². The van der Waals surface area contributed by atoms with Gasteiger partial charge in [0.05, 0.1) is 24.5 Å². The van der Waals surface area contributed by atoms with E-state index in [0.717, 1.165) is 24.6 Å². The lowest BCUT2D eigenvalue weighted by molar-refractivity contribution is 0.119. The highest BCUT2D eigenvalue weighted by atomic mass is 32.2. The first-order valence-electron chi connectivity index (χ1n) is 11.1. The lowest BCUT2D eigenvalue weighted by atomic mass is 9.79. The van der Waals surface area contributed by atoms with Crippen LogP contribution in [0.2, 0.25) is 0 Å². The number of nitrogens with zero attached hydrogens (tertiary/aromatic N) is 1. The minimum atomic E-state index is -1.12. The zero-order valence-electron chi connectivity index (χ0n) is 18.2. The van der Waals surface area contributed by atoms with Gasteiger partial charge in [0.2, 0.25) is 0 Å². The first-order valence-corrected chi connectivity index (χ1v) is 12.7. The SMILES string of the molecule is C[S+]([O-])NC1=C(OC[C@H]2CC[C@@H](c3ccccc3)CC2)CN(Cc2ccccc2)C=C1. The fraction of sp³-hybridized carbons (Fsp3) is 0.385. The van der Waals surface area contributed by atoms with E-state index in [0.29, 0.717) is 18.4 Å². The largest absolute Gasteiger partial charge is 0.593 e. The van der Waals surface area contributed by atoms with E-state index in [1.807, 2.05) is 12.1 Å². The van der Waals surface area contributed by atoms with Crippen molar-refractivity contribution in [3.63, 3.8) is 0 Å². The van der Waals surface area contributed by atoms with Gasteiger partial charge < -0.3 is 14.2 Å². The maximum atomic E-state index is 11.8. The minimum absolute atomic E-state index is 0.578. The molecule has 1 aliphatic heterocycles. The third kappa shape index (κ3) is 6.31. The Morgan fingerprint density at radius 3 is 2.35 bits per heavy atom. The van der Waals surface area contributed by atoms with Crippen LogP contribution in [-0.2, 0) is 22.6 Å². The van der Waals surface area contributed by atoms with E-state index < -0.39 is 11.4 Å². The molecule has 2 aromatic carbocycles. The average molecular weight is 437 g/mol. The molecule has 1 aliphatic carbocycles. The molecule has 1 saturated carbocycles. The third-order valence-electron chi connectivity index (χ3n) is 6.19. The number of hydrogen-bond acceptors (Lipinski definition) is 4. The van der Waals surface area contributed by atoms with E-state index in [2.05, 4.69) is 70.4 Å². The maximum absolute atomic E-state index is 11.8. The topological polar surface area (TPSA) is 47.6 Å². The number of ether oxygens (including phenoxy) is 1. The van der Waals surface area contributed by atoms with Crippen LogP contribution < -0.4 is 4.72 Å². The van der Waals surface area contributed by atoms with E-state index in [4.69, 9.17) is 4.74 Å². The molecule has 0 radical (unpaired) electrons. The van der Waals surface area contributed by atoms with Crippen LogP contribution in [-0.4, -0.2) is 28.9 Å². The predicted octanol–water partition coefficient (Wildman–Crippen LogP) is 5.10. The van der Waals surface area contributed by atoms with Crippen molar-refractivity contribution in [2.24, 2.45) is 5.92 Å². The summed E-state index contributed by atoms with van der Waals surface area (Å²) in [6.45, 7) is 2.24. The Bertz CT molecular complexity index is 875. The number of allylic oxidation sites excluding steroid dienone is 1. The minimum Gasteiger partial charge on any atom is -0.593 e. The molecular weight excluding hydrogens is 404 g/mol. The monoisotopic (exact) mass is 436 g/mol. The van der Waals surface area contributed by atoms with Crippen molar-refractivity contribution in [3.05, 3.63) is 95.5 Å². The molecule has 164 valence electrons. The summed E-state index contributed by atoms with van der Waals surface area (Å²) in [6.07, 6.45) is 10.5. The Kier molecular flexibility index (Phi) is 7.60. The molecule has 31 heavy (non-hydrogen) atoms. The van der Waals surface area contributed by atoms with Gasteiger partial charge in [-0.05, 0) is 54.7 Å². The molecule has 0 aromatic heterocycles. The van der Waals surface area contributed by atoms with Crippen molar-refractivity contribution in [2.45, 2.75) is 38.1 Å². The molecule has 0 saturated heterocycles. The van der Waals surface area contributed by atoms with Gasteiger partial charge in [0.25, 0.3) is 0 Å². The van der Waals surface area contributed by atoms with Crippen LogP contribution in [0.3, 0.4) is 0 Å². The van der Waals surface area contributed by atoms with Crippen molar-refractivity contribution in [1.29, 1.82) is 0 Å². The number of hydrogen-bond donors (Lipinski definition) is 1. The van der Waals surface area contributed by atoms with Crippen LogP contribution >= 0.6 is 0 Å². The van der Waals surface area contributed by atoms with Gasteiger partial charge in [-0.1, -0.05) is 60.7 Å². The van der Waals surface area contributed by atoms with Crippen molar-refractivity contribution < 1.29 is 9.29 Å². The van der Waals surface area contributed by atoms with Crippen molar-refractivity contribution in [2.75, 3.05) is 19.4 Å². The Hall–Kier alpha value is -2.37. The average Bonchev–Trinajstić information content (AvgIpc) is 2.80. The summed E-state index contributed by atoms with van der Waals surface area (Å²) in [5.74, 6) is 2.14. The Balaban J connectivity index is 1.33. The summed E-state index contributed by atoms with van der Waals surface area (Å²) in [5.41, 5.74) is 3.57. The number of rotatable bonds is 8. The first-order chi connectivity index (χ1) is 15.2. The second-order valence-electron chi connectivity index (χ2n) is 8.54. The number of benzene rings is 2. The molecule has 0 spiro atoms. The van der Waals surface area contributed by atoms with E-state index in [9.17, 15) is 4.55 Å². The van der Waals surface area contributed by atoms with Gasteiger partial charge >= 0.3 is 0 Å². The van der Waals surface area contributed by atoms with Crippen LogP contribution in [0.25, 0.3) is 0 Å². The first kappa shape index (κ1) is 21.8. The molecule has 1 N–H and O–H groups in total. The standard InChI is InChI=1S/C26H32N2O2S/c1-31(29)27-25-16-17-28(18-21-8-4-2-5-9-21)19-26(25)30-20-22-12-14-24(15-13-22)23-10-6-3-7-11-23/h2-11,16-17,22,24,27H,12-15,18-20H2,1H3/t22-,24+,31?. The molecule has 5 heteroatoms. The smallest absolute Gasteiger partial charge is 0.143 e. The van der Waals surface area contributed by atoms with E-state index in [-0.39, 0.29) is 0 Å². The highest BCUT2D eigenvalue weighted by Gasteiger charge is 2.24. The lowest BCUT2D eigenvalue weighted by Gasteiger charge is -2.31. The molecule has 1 heterocycles. The molecule has 1 fully saturated rings. The van der Waals surface area contributed by atoms with Crippen LogP contribution in [0.4, 0.5) is 0 Å². The molecule has 1 atom stereocenters. The second-order valence-corrected chi connectivity index (χ2v) is 9.65. The van der Waals surface area contributed by atoms with Crippen molar-refractivity contribution in [1.82, 2.24) is 9.62 Å². The molecule has 2 aliphatic rings. The Morgan fingerprint density at radius 1 is 1.00 bits per heavy atom. The Morgan fingerprint density at radius 2 is 1.68 bits per heavy atom. The van der Waals surface area contributed by atoms with E-state index >= 15 is 0 Å². The zero-order valence-corrected chi connectivity index (χ0v) is 19.0. The Labute approximate surface area is 189 Å². The van der Waals surface area contributed by atoms with Gasteiger partial charge in [-0.15, -0.1) is 0 Å². The zero-order chi connectivity index (χ0) is 21.5. The fourth-order valence-electron chi connectivity index (χ4n) is 4.50. The summed E-state index contributed by atoms with van der Waals surface area (Å²) in [6, 6.07) is 21.3. The van der Waals surface area contributed by atoms with Crippen LogP contribution in [0.15, 0.2) is 84.4 Å². The summed E-state index contributed by atoms with van der Waals surface area (Å²) in [5, 5.41) is 0. The highest BCUT2D eigenvalue weighted by Crippen LogP contribution is 2.36. The fourth-order valence-corrected chi connectivity index (χ4v) is 4.99. The summed E-state index contributed by atoms with van der Waals surface area (Å²) >= 11 is -1.12. The second kappa shape index (κ2) is 10.8.